The molecule has 0 saturated carbocycles. The number of sulfonamides is 1. The van der Waals surface area contributed by atoms with E-state index in [1.165, 1.54) is 0 Å². The molecular weight excluding hydrogens is 258 g/mol. The van der Waals surface area contributed by atoms with Gasteiger partial charge in [-0.25, -0.2) is 18.5 Å². The Bertz CT molecular complexity index is 607. The van der Waals surface area contributed by atoms with E-state index in [1.807, 2.05) is 17.5 Å². The van der Waals surface area contributed by atoms with Gasteiger partial charge in [-0.2, -0.15) is 0 Å². The molecule has 7 heteroatoms. The van der Waals surface area contributed by atoms with Crippen molar-refractivity contribution in [3.8, 4) is 0 Å². The molecule has 0 aromatic carbocycles. The number of hydrogen-bond acceptors (Lipinski definition) is 5. The van der Waals surface area contributed by atoms with Gasteiger partial charge >= 0.3 is 0 Å². The van der Waals surface area contributed by atoms with E-state index in [0.29, 0.717) is 13.0 Å². The van der Waals surface area contributed by atoms with Crippen LogP contribution in [0.4, 0.5) is 5.82 Å². The molecule has 0 unspecified atom stereocenters. The SMILES string of the molecule is NS(=O)(=O)CCCNc1nccc2sccc12. The van der Waals surface area contributed by atoms with Crippen molar-refractivity contribution in [2.75, 3.05) is 17.6 Å². The Morgan fingerprint density at radius 3 is 3.00 bits per heavy atom. The zero-order chi connectivity index (χ0) is 12.3. The van der Waals surface area contributed by atoms with Crippen molar-refractivity contribution >= 4 is 37.3 Å². The first-order valence-corrected chi connectivity index (χ1v) is 7.72. The van der Waals surface area contributed by atoms with Crippen LogP contribution >= 0.6 is 11.3 Å². The topological polar surface area (TPSA) is 85.1 Å². The normalized spacial score (nSPS) is 11.8. The summed E-state index contributed by atoms with van der Waals surface area (Å²) in [5, 5.41) is 11.1. The number of anilines is 1. The van der Waals surface area contributed by atoms with Crippen molar-refractivity contribution < 1.29 is 8.42 Å². The summed E-state index contributed by atoms with van der Waals surface area (Å²) in [5.74, 6) is 0.776. The highest BCUT2D eigenvalue weighted by Crippen LogP contribution is 2.25. The number of primary sulfonamides is 1. The molecule has 0 bridgehead atoms. The Labute approximate surface area is 104 Å². The fourth-order valence-corrected chi connectivity index (χ4v) is 2.84. The second-order valence-electron chi connectivity index (χ2n) is 3.64. The lowest BCUT2D eigenvalue weighted by molar-refractivity contribution is 0.596. The van der Waals surface area contributed by atoms with Crippen LogP contribution in [0, 0.1) is 0 Å². The van der Waals surface area contributed by atoms with E-state index in [2.05, 4.69) is 10.3 Å². The van der Waals surface area contributed by atoms with Gasteiger partial charge in [-0.05, 0) is 23.9 Å². The number of nitrogens with zero attached hydrogens (tertiary/aromatic N) is 1. The molecular formula is C10H13N3O2S2. The number of hydrogen-bond donors (Lipinski definition) is 2. The van der Waals surface area contributed by atoms with Crippen LogP contribution in [-0.2, 0) is 10.0 Å². The van der Waals surface area contributed by atoms with Crippen molar-refractivity contribution in [1.82, 2.24) is 4.98 Å². The molecule has 0 saturated heterocycles. The lowest BCUT2D eigenvalue weighted by Crippen LogP contribution is -2.18. The van der Waals surface area contributed by atoms with Crippen LogP contribution in [0.1, 0.15) is 6.42 Å². The third-order valence-corrected chi connectivity index (χ3v) is 4.02. The van der Waals surface area contributed by atoms with Gasteiger partial charge < -0.3 is 5.32 Å². The summed E-state index contributed by atoms with van der Waals surface area (Å²) in [7, 11) is -3.37. The molecule has 0 spiro atoms. The van der Waals surface area contributed by atoms with Crippen LogP contribution in [0.15, 0.2) is 23.7 Å². The largest absolute Gasteiger partial charge is 0.370 e. The third-order valence-electron chi connectivity index (χ3n) is 2.28. The number of nitrogens with two attached hydrogens (primary N) is 1. The summed E-state index contributed by atoms with van der Waals surface area (Å²) in [6, 6.07) is 3.95. The third kappa shape index (κ3) is 3.39. The minimum absolute atomic E-state index is 0.0143. The molecule has 0 radical (unpaired) electrons. The van der Waals surface area contributed by atoms with Gasteiger partial charge in [0.2, 0.25) is 10.0 Å². The number of pyridine rings is 1. The van der Waals surface area contributed by atoms with E-state index >= 15 is 0 Å². The molecule has 0 fully saturated rings. The van der Waals surface area contributed by atoms with Crippen LogP contribution in [0.2, 0.25) is 0 Å². The maximum atomic E-state index is 10.7. The molecule has 0 amide bonds. The Hall–Kier alpha value is -1.18. The molecule has 92 valence electrons. The maximum absolute atomic E-state index is 10.7. The van der Waals surface area contributed by atoms with Crippen molar-refractivity contribution in [2.45, 2.75) is 6.42 Å². The zero-order valence-electron chi connectivity index (χ0n) is 9.09. The number of thiophene rings is 1. The highest BCUT2D eigenvalue weighted by atomic mass is 32.2. The Balaban J connectivity index is 1.97. The van der Waals surface area contributed by atoms with Crippen LogP contribution in [-0.4, -0.2) is 25.7 Å². The smallest absolute Gasteiger partial charge is 0.209 e. The molecule has 0 aliphatic heterocycles. The van der Waals surface area contributed by atoms with E-state index in [1.54, 1.807) is 17.5 Å². The molecule has 0 aliphatic rings. The van der Waals surface area contributed by atoms with Gasteiger partial charge in [-0.1, -0.05) is 0 Å². The number of aromatic nitrogens is 1. The minimum atomic E-state index is -3.37. The van der Waals surface area contributed by atoms with E-state index in [-0.39, 0.29) is 5.75 Å². The van der Waals surface area contributed by atoms with E-state index in [9.17, 15) is 8.42 Å². The first kappa shape index (κ1) is 12.3. The molecule has 2 heterocycles. The highest BCUT2D eigenvalue weighted by Gasteiger charge is 2.04. The standard InChI is InChI=1S/C10H13N3O2S2/c11-17(14,15)7-1-4-12-10-8-3-6-16-9(8)2-5-13-10/h2-3,5-6H,1,4,7H2,(H,12,13)(H2,11,14,15). The van der Waals surface area contributed by atoms with Crippen LogP contribution in [0.5, 0.6) is 0 Å². The predicted octanol–water partition coefficient (Wildman–Crippen LogP) is 1.39. The van der Waals surface area contributed by atoms with E-state index in [4.69, 9.17) is 5.14 Å². The lowest BCUT2D eigenvalue weighted by atomic mass is 10.3. The van der Waals surface area contributed by atoms with Gasteiger partial charge in [-0.3, -0.25) is 0 Å². The quantitative estimate of drug-likeness (QED) is 0.805. The summed E-state index contributed by atoms with van der Waals surface area (Å²) in [6.07, 6.45) is 2.21. The van der Waals surface area contributed by atoms with Crippen LogP contribution < -0.4 is 10.5 Å². The van der Waals surface area contributed by atoms with Gasteiger partial charge in [-0.15, -0.1) is 11.3 Å². The molecule has 2 aromatic rings. The number of nitrogens with one attached hydrogen (secondary N) is 1. The molecule has 17 heavy (non-hydrogen) atoms. The lowest BCUT2D eigenvalue weighted by Gasteiger charge is -2.05. The zero-order valence-corrected chi connectivity index (χ0v) is 10.7. The van der Waals surface area contributed by atoms with Gasteiger partial charge in [0.25, 0.3) is 0 Å². The predicted molar refractivity (Wildman–Crippen MR) is 70.7 cm³/mol. The fraction of sp³-hybridized carbons (Fsp3) is 0.300. The van der Waals surface area contributed by atoms with Crippen molar-refractivity contribution in [3.05, 3.63) is 23.7 Å². The Morgan fingerprint density at radius 2 is 2.24 bits per heavy atom. The summed E-state index contributed by atoms with van der Waals surface area (Å²) in [4.78, 5) is 4.23. The molecule has 5 nitrogen and oxygen atoms in total. The van der Waals surface area contributed by atoms with Crippen LogP contribution in [0.25, 0.3) is 10.1 Å². The molecule has 0 aliphatic carbocycles. The van der Waals surface area contributed by atoms with Crippen molar-refractivity contribution in [1.29, 1.82) is 0 Å². The van der Waals surface area contributed by atoms with Gasteiger partial charge in [0.15, 0.2) is 0 Å². The second-order valence-corrected chi connectivity index (χ2v) is 6.32. The second kappa shape index (κ2) is 4.99. The van der Waals surface area contributed by atoms with Gasteiger partial charge in [0, 0.05) is 22.8 Å². The molecule has 2 aromatic heterocycles. The van der Waals surface area contributed by atoms with Crippen LogP contribution in [0.3, 0.4) is 0 Å². The van der Waals surface area contributed by atoms with E-state index in [0.717, 1.165) is 15.9 Å². The number of fused-ring (bicyclic) bond motifs is 1. The molecule has 2 rings (SSSR count). The molecule has 0 atom stereocenters. The Morgan fingerprint density at radius 1 is 1.41 bits per heavy atom. The fourth-order valence-electron chi connectivity index (χ4n) is 1.52. The summed E-state index contributed by atoms with van der Waals surface area (Å²) >= 11 is 1.65. The Kier molecular flexibility index (Phi) is 3.60. The highest BCUT2D eigenvalue weighted by molar-refractivity contribution is 7.89. The first-order chi connectivity index (χ1) is 8.06. The van der Waals surface area contributed by atoms with Crippen molar-refractivity contribution in [2.24, 2.45) is 5.14 Å². The van der Waals surface area contributed by atoms with Gasteiger partial charge in [0.1, 0.15) is 5.82 Å². The maximum Gasteiger partial charge on any atom is 0.209 e. The average Bonchev–Trinajstić information content (AvgIpc) is 2.71. The van der Waals surface area contributed by atoms with Crippen molar-refractivity contribution in [3.63, 3.8) is 0 Å². The first-order valence-electron chi connectivity index (χ1n) is 5.13. The van der Waals surface area contributed by atoms with E-state index < -0.39 is 10.0 Å². The monoisotopic (exact) mass is 271 g/mol. The molecule has 3 N–H and O–H groups in total. The summed E-state index contributed by atoms with van der Waals surface area (Å²) < 4.78 is 22.7. The summed E-state index contributed by atoms with van der Waals surface area (Å²) in [5.41, 5.74) is 0. The van der Waals surface area contributed by atoms with Gasteiger partial charge in [0.05, 0.1) is 5.75 Å². The average molecular weight is 271 g/mol. The number of rotatable bonds is 5. The minimum Gasteiger partial charge on any atom is -0.370 e. The summed E-state index contributed by atoms with van der Waals surface area (Å²) in [6.45, 7) is 0.540.